The van der Waals surface area contributed by atoms with Crippen molar-refractivity contribution in [3.05, 3.63) is 94.2 Å². The summed E-state index contributed by atoms with van der Waals surface area (Å²) in [6.45, 7) is 6.26. The van der Waals surface area contributed by atoms with Crippen molar-refractivity contribution in [1.82, 2.24) is 10.2 Å². The molecule has 0 aliphatic rings. The predicted octanol–water partition coefficient (Wildman–Crippen LogP) is 5.66. The van der Waals surface area contributed by atoms with Crippen molar-refractivity contribution in [1.29, 1.82) is 0 Å². The van der Waals surface area contributed by atoms with Crippen LogP contribution in [0.25, 0.3) is 0 Å². The molecule has 0 heterocycles. The average molecular weight is 595 g/mol. The van der Waals surface area contributed by atoms with Crippen LogP contribution in [0.3, 0.4) is 0 Å². The van der Waals surface area contributed by atoms with Gasteiger partial charge in [0.05, 0.1) is 10.6 Å². The Balaban J connectivity index is 2.05. The molecule has 3 aromatic rings. The third kappa shape index (κ3) is 8.17. The van der Waals surface area contributed by atoms with Crippen molar-refractivity contribution >= 4 is 50.7 Å². The fourth-order valence-electron chi connectivity index (χ4n) is 3.77. The van der Waals surface area contributed by atoms with Gasteiger partial charge in [-0.3, -0.25) is 13.9 Å². The maximum atomic E-state index is 13.9. The standard InChI is InChI=1S/C28H30Cl2FN3O4S/c1-19(27(36)32-28(2,3)4)33(17-20-10-12-23(31)13-11-20)26(35)18-34(24-15-21(29)14-22(30)16-24)39(37,38)25-8-6-5-7-9-25/h5-16,19H,17-18H2,1-4H3,(H,32,36)/t19-/m0/s1. The van der Waals surface area contributed by atoms with Gasteiger partial charge in [0.2, 0.25) is 11.8 Å². The number of hydrogen-bond acceptors (Lipinski definition) is 4. The molecule has 0 radical (unpaired) electrons. The van der Waals surface area contributed by atoms with E-state index in [4.69, 9.17) is 23.2 Å². The van der Waals surface area contributed by atoms with Crippen LogP contribution < -0.4 is 9.62 Å². The van der Waals surface area contributed by atoms with E-state index in [9.17, 15) is 22.4 Å². The molecule has 2 amide bonds. The number of nitrogens with one attached hydrogen (secondary N) is 1. The number of amides is 2. The second-order valence-corrected chi connectivity index (χ2v) is 12.8. The molecule has 1 N–H and O–H groups in total. The van der Waals surface area contributed by atoms with Crippen LogP contribution in [-0.2, 0) is 26.2 Å². The van der Waals surface area contributed by atoms with Gasteiger partial charge in [-0.25, -0.2) is 12.8 Å². The quantitative estimate of drug-likeness (QED) is 0.347. The summed E-state index contributed by atoms with van der Waals surface area (Å²) < 4.78 is 41.9. The molecular weight excluding hydrogens is 564 g/mol. The molecule has 0 bridgehead atoms. The first-order chi connectivity index (χ1) is 18.2. The van der Waals surface area contributed by atoms with Crippen LogP contribution in [0.5, 0.6) is 0 Å². The Labute approximate surface area is 238 Å². The van der Waals surface area contributed by atoms with Crippen molar-refractivity contribution in [3.8, 4) is 0 Å². The minimum atomic E-state index is -4.25. The number of anilines is 1. The monoisotopic (exact) mass is 593 g/mol. The molecule has 0 aliphatic carbocycles. The normalized spacial score (nSPS) is 12.5. The van der Waals surface area contributed by atoms with Gasteiger partial charge >= 0.3 is 0 Å². The molecule has 0 saturated heterocycles. The molecule has 7 nitrogen and oxygen atoms in total. The summed E-state index contributed by atoms with van der Waals surface area (Å²) in [6, 6.07) is 16.4. The van der Waals surface area contributed by atoms with Gasteiger partial charge in [-0.05, 0) is 75.7 Å². The van der Waals surface area contributed by atoms with E-state index in [-0.39, 0.29) is 27.2 Å². The largest absolute Gasteiger partial charge is 0.350 e. The van der Waals surface area contributed by atoms with Crippen LogP contribution in [0.1, 0.15) is 33.3 Å². The number of hydrogen-bond donors (Lipinski definition) is 1. The molecule has 3 aromatic carbocycles. The minimum Gasteiger partial charge on any atom is -0.350 e. The van der Waals surface area contributed by atoms with Gasteiger partial charge in [-0.1, -0.05) is 53.5 Å². The first kappa shape index (κ1) is 30.4. The highest BCUT2D eigenvalue weighted by Crippen LogP contribution is 2.30. The van der Waals surface area contributed by atoms with Crippen LogP contribution in [0.15, 0.2) is 77.7 Å². The van der Waals surface area contributed by atoms with Crippen LogP contribution in [-0.4, -0.2) is 43.3 Å². The summed E-state index contributed by atoms with van der Waals surface area (Å²) >= 11 is 12.4. The summed E-state index contributed by atoms with van der Waals surface area (Å²) in [5.74, 6) is -1.54. The third-order valence-corrected chi connectivity index (χ3v) is 7.90. The number of benzene rings is 3. The smallest absolute Gasteiger partial charge is 0.264 e. The van der Waals surface area contributed by atoms with Gasteiger partial charge < -0.3 is 10.2 Å². The molecule has 39 heavy (non-hydrogen) atoms. The van der Waals surface area contributed by atoms with E-state index in [1.165, 1.54) is 59.5 Å². The van der Waals surface area contributed by atoms with Gasteiger partial charge in [-0.15, -0.1) is 0 Å². The molecule has 0 aromatic heterocycles. The van der Waals surface area contributed by atoms with Crippen molar-refractivity contribution in [2.75, 3.05) is 10.8 Å². The zero-order valence-corrected chi connectivity index (χ0v) is 24.3. The van der Waals surface area contributed by atoms with Crippen molar-refractivity contribution in [2.45, 2.75) is 50.7 Å². The van der Waals surface area contributed by atoms with Crippen molar-refractivity contribution in [2.24, 2.45) is 0 Å². The second-order valence-electron chi connectivity index (χ2n) is 10.0. The van der Waals surface area contributed by atoms with E-state index in [2.05, 4.69) is 5.32 Å². The molecule has 0 spiro atoms. The van der Waals surface area contributed by atoms with E-state index in [0.29, 0.717) is 5.56 Å². The second kappa shape index (κ2) is 12.4. The Morgan fingerprint density at radius 3 is 2.05 bits per heavy atom. The van der Waals surface area contributed by atoms with Gasteiger partial charge in [0.1, 0.15) is 18.4 Å². The summed E-state index contributed by atoms with van der Waals surface area (Å²) in [5, 5.41) is 3.21. The molecule has 11 heteroatoms. The first-order valence-corrected chi connectivity index (χ1v) is 14.3. The minimum absolute atomic E-state index is 0.0440. The lowest BCUT2D eigenvalue weighted by atomic mass is 10.1. The maximum absolute atomic E-state index is 13.9. The number of nitrogens with zero attached hydrogens (tertiary/aromatic N) is 2. The highest BCUT2D eigenvalue weighted by atomic mass is 35.5. The Kier molecular flexibility index (Phi) is 9.64. The third-order valence-electron chi connectivity index (χ3n) is 5.68. The number of carbonyl (C=O) groups is 2. The zero-order chi connectivity index (χ0) is 29.0. The highest BCUT2D eigenvalue weighted by molar-refractivity contribution is 7.92. The van der Waals surface area contributed by atoms with E-state index in [1.807, 2.05) is 0 Å². The highest BCUT2D eigenvalue weighted by Gasteiger charge is 2.33. The number of halogens is 3. The average Bonchev–Trinajstić information content (AvgIpc) is 2.85. The molecule has 0 fully saturated rings. The lowest BCUT2D eigenvalue weighted by Crippen LogP contribution is -2.54. The van der Waals surface area contributed by atoms with E-state index >= 15 is 0 Å². The Morgan fingerprint density at radius 1 is 0.949 bits per heavy atom. The zero-order valence-electron chi connectivity index (χ0n) is 22.0. The van der Waals surface area contributed by atoms with Crippen LogP contribution >= 0.6 is 23.2 Å². The van der Waals surface area contributed by atoms with Crippen LogP contribution in [0, 0.1) is 5.82 Å². The van der Waals surface area contributed by atoms with E-state index in [1.54, 1.807) is 45.9 Å². The fraction of sp³-hybridized carbons (Fsp3) is 0.286. The summed E-state index contributed by atoms with van der Waals surface area (Å²) in [5.41, 5.74) is 0.0672. The molecule has 0 saturated carbocycles. The SMILES string of the molecule is C[C@@H](C(=O)NC(C)(C)C)N(Cc1ccc(F)cc1)C(=O)CN(c1cc(Cl)cc(Cl)c1)S(=O)(=O)c1ccccc1. The maximum Gasteiger partial charge on any atom is 0.264 e. The Morgan fingerprint density at radius 2 is 1.51 bits per heavy atom. The molecule has 1 atom stereocenters. The molecule has 0 unspecified atom stereocenters. The molecule has 3 rings (SSSR count). The summed E-state index contributed by atoms with van der Waals surface area (Å²) in [7, 11) is -4.25. The molecule has 208 valence electrons. The fourth-order valence-corrected chi connectivity index (χ4v) is 5.71. The summed E-state index contributed by atoms with van der Waals surface area (Å²) in [6.07, 6.45) is 0. The van der Waals surface area contributed by atoms with E-state index in [0.717, 1.165) is 4.31 Å². The van der Waals surface area contributed by atoms with E-state index < -0.39 is 45.8 Å². The molecule has 0 aliphatic heterocycles. The number of carbonyl (C=O) groups excluding carboxylic acids is 2. The lowest BCUT2D eigenvalue weighted by Gasteiger charge is -2.33. The van der Waals surface area contributed by atoms with Crippen LogP contribution in [0.4, 0.5) is 10.1 Å². The molecular formula is C28H30Cl2FN3O4S. The number of sulfonamides is 1. The predicted molar refractivity (Wildman–Crippen MR) is 152 cm³/mol. The Hall–Kier alpha value is -3.14. The van der Waals surface area contributed by atoms with Gasteiger partial charge in [-0.2, -0.15) is 0 Å². The van der Waals surface area contributed by atoms with Gasteiger partial charge in [0.25, 0.3) is 10.0 Å². The topological polar surface area (TPSA) is 86.8 Å². The van der Waals surface area contributed by atoms with Crippen molar-refractivity contribution in [3.63, 3.8) is 0 Å². The number of rotatable bonds is 9. The Bertz CT molecular complexity index is 1410. The summed E-state index contributed by atoms with van der Waals surface area (Å²) in [4.78, 5) is 28.2. The van der Waals surface area contributed by atoms with Gasteiger partial charge in [0.15, 0.2) is 0 Å². The van der Waals surface area contributed by atoms with Crippen molar-refractivity contribution < 1.29 is 22.4 Å². The lowest BCUT2D eigenvalue weighted by molar-refractivity contribution is -0.140. The first-order valence-electron chi connectivity index (χ1n) is 12.1. The van der Waals surface area contributed by atoms with Crippen LogP contribution in [0.2, 0.25) is 10.0 Å². The van der Waals surface area contributed by atoms with Gasteiger partial charge in [0, 0.05) is 22.1 Å².